The molecule has 360 valence electrons. The van der Waals surface area contributed by atoms with Gasteiger partial charge in [-0.3, -0.25) is 14.4 Å². The van der Waals surface area contributed by atoms with E-state index in [2.05, 4.69) is 118 Å². The van der Waals surface area contributed by atoms with Crippen LogP contribution in [0.3, 0.4) is 0 Å². The number of unbranched alkanes of at least 4 members (excludes halogenated alkanes) is 16. The summed E-state index contributed by atoms with van der Waals surface area (Å²) in [7, 11) is 0. The van der Waals surface area contributed by atoms with Crippen LogP contribution in [0.1, 0.15) is 207 Å². The number of ether oxygens (including phenoxy) is 3. The Labute approximate surface area is 392 Å². The lowest BCUT2D eigenvalue weighted by Gasteiger charge is -2.18. The van der Waals surface area contributed by atoms with E-state index in [1.807, 2.05) is 24.3 Å². The normalized spacial score (nSPS) is 13.1. The lowest BCUT2D eigenvalue weighted by molar-refractivity contribution is -0.167. The third kappa shape index (κ3) is 48.8. The molecule has 0 rings (SSSR count). The SMILES string of the molecule is CC\C=C/C=C\C=C/C=C\CCCCCCCC(=O)OC(COC(=O)CCCCCCC/C=C\C/C=C\CC)COC(=O)CCCCCCCC/C=C\C/C=C\C/C=C\C/C=C\CC. The maximum Gasteiger partial charge on any atom is 0.306 e. The van der Waals surface area contributed by atoms with Gasteiger partial charge in [-0.05, 0) is 103 Å². The van der Waals surface area contributed by atoms with Gasteiger partial charge in [0.25, 0.3) is 0 Å². The highest BCUT2D eigenvalue weighted by molar-refractivity contribution is 5.71. The molecular formula is C58H92O6. The van der Waals surface area contributed by atoms with Crippen molar-refractivity contribution < 1.29 is 28.6 Å². The molecular weight excluding hydrogens is 793 g/mol. The smallest absolute Gasteiger partial charge is 0.306 e. The third-order valence-corrected chi connectivity index (χ3v) is 10.3. The van der Waals surface area contributed by atoms with E-state index in [-0.39, 0.29) is 31.1 Å². The maximum atomic E-state index is 12.8. The molecule has 0 radical (unpaired) electrons. The zero-order valence-corrected chi connectivity index (χ0v) is 41.0. The van der Waals surface area contributed by atoms with Crippen LogP contribution in [0.25, 0.3) is 0 Å². The van der Waals surface area contributed by atoms with Crippen LogP contribution in [0.5, 0.6) is 0 Å². The van der Waals surface area contributed by atoms with Crippen LogP contribution in [0, 0.1) is 0 Å². The van der Waals surface area contributed by atoms with Gasteiger partial charge in [0.15, 0.2) is 6.10 Å². The molecule has 0 aromatic carbocycles. The van der Waals surface area contributed by atoms with E-state index in [9.17, 15) is 14.4 Å². The van der Waals surface area contributed by atoms with E-state index in [4.69, 9.17) is 14.2 Å². The summed E-state index contributed by atoms with van der Waals surface area (Å²) in [5, 5.41) is 0. The molecule has 0 heterocycles. The van der Waals surface area contributed by atoms with Gasteiger partial charge in [-0.15, -0.1) is 0 Å². The number of allylic oxidation sites excluding steroid dienone is 20. The Morgan fingerprint density at radius 2 is 0.641 bits per heavy atom. The van der Waals surface area contributed by atoms with Gasteiger partial charge in [0, 0.05) is 19.3 Å². The zero-order chi connectivity index (χ0) is 46.5. The molecule has 0 saturated heterocycles. The van der Waals surface area contributed by atoms with Crippen LogP contribution in [-0.4, -0.2) is 37.2 Å². The van der Waals surface area contributed by atoms with Crippen LogP contribution < -0.4 is 0 Å². The lowest BCUT2D eigenvalue weighted by Crippen LogP contribution is -2.30. The fourth-order valence-corrected chi connectivity index (χ4v) is 6.54. The highest BCUT2D eigenvalue weighted by Gasteiger charge is 2.19. The Morgan fingerprint density at radius 3 is 1.06 bits per heavy atom. The minimum atomic E-state index is -0.805. The molecule has 64 heavy (non-hydrogen) atoms. The van der Waals surface area contributed by atoms with Crippen molar-refractivity contribution in [1.82, 2.24) is 0 Å². The van der Waals surface area contributed by atoms with Gasteiger partial charge in [0.1, 0.15) is 13.2 Å². The van der Waals surface area contributed by atoms with Crippen LogP contribution in [0.4, 0.5) is 0 Å². The summed E-state index contributed by atoms with van der Waals surface area (Å²) in [4.78, 5) is 38.0. The summed E-state index contributed by atoms with van der Waals surface area (Å²) in [5.74, 6) is -0.963. The number of carbonyl (C=O) groups excluding carboxylic acids is 3. The third-order valence-electron chi connectivity index (χ3n) is 10.3. The average molecular weight is 885 g/mol. The van der Waals surface area contributed by atoms with E-state index < -0.39 is 6.10 Å². The zero-order valence-electron chi connectivity index (χ0n) is 41.0. The summed E-state index contributed by atoms with van der Waals surface area (Å²) in [5.41, 5.74) is 0. The van der Waals surface area contributed by atoms with Crippen molar-refractivity contribution in [2.45, 2.75) is 213 Å². The summed E-state index contributed by atoms with van der Waals surface area (Å²) < 4.78 is 16.8. The molecule has 0 N–H and O–H groups in total. The Morgan fingerprint density at radius 1 is 0.328 bits per heavy atom. The molecule has 6 heteroatoms. The van der Waals surface area contributed by atoms with Crippen molar-refractivity contribution in [2.75, 3.05) is 13.2 Å². The van der Waals surface area contributed by atoms with Gasteiger partial charge >= 0.3 is 17.9 Å². The lowest BCUT2D eigenvalue weighted by atomic mass is 10.1. The van der Waals surface area contributed by atoms with E-state index in [0.717, 1.165) is 154 Å². The van der Waals surface area contributed by atoms with Crippen LogP contribution in [0.2, 0.25) is 0 Å². The highest BCUT2D eigenvalue weighted by Crippen LogP contribution is 2.13. The van der Waals surface area contributed by atoms with Crippen LogP contribution >= 0.6 is 0 Å². The average Bonchev–Trinajstić information content (AvgIpc) is 3.29. The fourth-order valence-electron chi connectivity index (χ4n) is 6.54. The Hall–Kier alpha value is -4.19. The number of rotatable bonds is 44. The van der Waals surface area contributed by atoms with E-state index >= 15 is 0 Å². The van der Waals surface area contributed by atoms with E-state index in [1.54, 1.807) is 0 Å². The predicted octanol–water partition coefficient (Wildman–Crippen LogP) is 16.9. The van der Waals surface area contributed by atoms with Gasteiger partial charge < -0.3 is 14.2 Å². The van der Waals surface area contributed by atoms with Crippen LogP contribution in [-0.2, 0) is 28.6 Å². The second-order valence-electron chi connectivity index (χ2n) is 16.4. The summed E-state index contributed by atoms with van der Waals surface area (Å²) >= 11 is 0. The van der Waals surface area contributed by atoms with E-state index in [0.29, 0.717) is 19.3 Å². The quantitative estimate of drug-likeness (QED) is 0.0199. The molecule has 1 atom stereocenters. The molecule has 1 unspecified atom stereocenters. The molecule has 0 bridgehead atoms. The molecule has 0 aliphatic carbocycles. The van der Waals surface area contributed by atoms with Crippen molar-refractivity contribution in [2.24, 2.45) is 0 Å². The molecule has 0 saturated carbocycles. The first-order valence-electron chi connectivity index (χ1n) is 25.6. The highest BCUT2D eigenvalue weighted by atomic mass is 16.6. The summed E-state index contributed by atoms with van der Waals surface area (Å²) in [6.07, 6.45) is 70.4. The molecule has 0 aliphatic heterocycles. The van der Waals surface area contributed by atoms with Gasteiger partial charge in [-0.1, -0.05) is 206 Å². The van der Waals surface area contributed by atoms with Crippen molar-refractivity contribution in [3.8, 4) is 0 Å². The van der Waals surface area contributed by atoms with Crippen molar-refractivity contribution in [3.05, 3.63) is 122 Å². The van der Waals surface area contributed by atoms with Gasteiger partial charge in [-0.25, -0.2) is 0 Å². The summed E-state index contributed by atoms with van der Waals surface area (Å²) in [6, 6.07) is 0. The fraction of sp³-hybridized carbons (Fsp3) is 0.603. The van der Waals surface area contributed by atoms with Gasteiger partial charge in [0.2, 0.25) is 0 Å². The number of esters is 3. The standard InChI is InChI=1S/C58H92O6/c1-4-7-10-13-16-19-22-25-27-28-29-30-32-33-36-39-42-45-48-51-57(60)63-54-55(53-62-56(59)50-47-44-41-38-35-24-21-18-15-12-9-6-3)64-58(61)52-49-46-43-40-37-34-31-26-23-20-17-14-11-8-5-2/h7-12,14,16-21,23,25-27,29-31,55H,4-6,13,15,22,24,28,32-54H2,1-3H3/b10-7-,11-8-,12-9-,17-14-,19-16-,21-18-,23-20-,27-25-,30-29-,31-26-. The Kier molecular flexibility index (Phi) is 48.1. The number of hydrogen-bond acceptors (Lipinski definition) is 6. The first-order valence-corrected chi connectivity index (χ1v) is 25.6. The molecule has 0 amide bonds. The predicted molar refractivity (Wildman–Crippen MR) is 274 cm³/mol. The molecule has 0 aliphatic rings. The van der Waals surface area contributed by atoms with Gasteiger partial charge in [-0.2, -0.15) is 0 Å². The molecule has 0 fully saturated rings. The summed E-state index contributed by atoms with van der Waals surface area (Å²) in [6.45, 7) is 6.21. The molecule has 0 spiro atoms. The van der Waals surface area contributed by atoms with Crippen molar-refractivity contribution in [1.29, 1.82) is 0 Å². The second-order valence-corrected chi connectivity index (χ2v) is 16.4. The first-order chi connectivity index (χ1) is 31.5. The van der Waals surface area contributed by atoms with Crippen molar-refractivity contribution in [3.63, 3.8) is 0 Å². The molecule has 6 nitrogen and oxygen atoms in total. The minimum Gasteiger partial charge on any atom is -0.462 e. The Bertz CT molecular complexity index is 1390. The molecule has 0 aromatic rings. The largest absolute Gasteiger partial charge is 0.462 e. The topological polar surface area (TPSA) is 78.9 Å². The van der Waals surface area contributed by atoms with Crippen LogP contribution in [0.15, 0.2) is 122 Å². The second kappa shape index (κ2) is 51.4. The van der Waals surface area contributed by atoms with Gasteiger partial charge in [0.05, 0.1) is 0 Å². The Balaban J connectivity index is 4.47. The first kappa shape index (κ1) is 59.8. The van der Waals surface area contributed by atoms with Crippen molar-refractivity contribution >= 4 is 17.9 Å². The number of carbonyl (C=O) groups is 3. The monoisotopic (exact) mass is 885 g/mol. The van der Waals surface area contributed by atoms with E-state index in [1.165, 1.54) is 12.8 Å². The molecule has 0 aromatic heterocycles. The maximum absolute atomic E-state index is 12.8. The minimum absolute atomic E-state index is 0.104. The number of hydrogen-bond donors (Lipinski definition) is 0.